The third-order valence-electron chi connectivity index (χ3n) is 6.31. The van der Waals surface area contributed by atoms with Crippen molar-refractivity contribution >= 4 is 21.4 Å². The van der Waals surface area contributed by atoms with Crippen molar-refractivity contribution in [2.75, 3.05) is 13.2 Å². The van der Waals surface area contributed by atoms with Crippen LogP contribution in [-0.2, 0) is 11.2 Å². The van der Waals surface area contributed by atoms with E-state index >= 15 is 0 Å². The highest BCUT2D eigenvalue weighted by Crippen LogP contribution is 2.53. The number of hydrogen-bond donors (Lipinski definition) is 1. The van der Waals surface area contributed by atoms with Crippen LogP contribution in [0.15, 0.2) is 84.2 Å². The van der Waals surface area contributed by atoms with Crippen LogP contribution in [-0.4, -0.2) is 18.8 Å². The van der Waals surface area contributed by atoms with E-state index in [0.29, 0.717) is 6.61 Å². The van der Waals surface area contributed by atoms with Gasteiger partial charge in [-0.2, -0.15) is 0 Å². The number of fused-ring (bicyclic) bond motifs is 2. The van der Waals surface area contributed by atoms with Crippen molar-refractivity contribution in [1.82, 2.24) is 5.32 Å². The Bertz CT molecular complexity index is 1180. The molecule has 3 atom stereocenters. The molecule has 0 aliphatic carbocycles. The van der Waals surface area contributed by atoms with Crippen LogP contribution in [0, 0.1) is 0 Å². The number of thiophene rings is 1. The highest BCUT2D eigenvalue weighted by Gasteiger charge is 2.61. The quantitative estimate of drug-likeness (QED) is 0.428. The molecule has 0 radical (unpaired) electrons. The van der Waals surface area contributed by atoms with Gasteiger partial charge in [-0.15, -0.1) is 11.3 Å². The van der Waals surface area contributed by atoms with Crippen LogP contribution in [0.25, 0.3) is 10.1 Å². The zero-order valence-electron chi connectivity index (χ0n) is 16.6. The van der Waals surface area contributed by atoms with E-state index in [4.69, 9.17) is 9.47 Å². The number of ether oxygens (including phenoxy) is 2. The molecule has 4 aromatic rings. The first kappa shape index (κ1) is 18.1. The molecule has 0 saturated carbocycles. The fraction of sp³-hybridized carbons (Fsp3) is 0.231. The molecule has 3 aromatic carbocycles. The Hall–Kier alpha value is -2.66. The number of para-hydroxylation sites is 1. The van der Waals surface area contributed by atoms with Crippen LogP contribution in [0.3, 0.4) is 0 Å². The van der Waals surface area contributed by atoms with Crippen molar-refractivity contribution in [2.24, 2.45) is 0 Å². The minimum atomic E-state index is -0.420. The fourth-order valence-corrected chi connectivity index (χ4v) is 5.73. The molecule has 0 amide bonds. The molecular formula is C26H23NO2S. The van der Waals surface area contributed by atoms with Gasteiger partial charge < -0.3 is 14.8 Å². The molecule has 30 heavy (non-hydrogen) atoms. The highest BCUT2D eigenvalue weighted by molar-refractivity contribution is 7.17. The Morgan fingerprint density at radius 2 is 1.73 bits per heavy atom. The summed E-state index contributed by atoms with van der Waals surface area (Å²) in [5, 5.41) is 7.25. The Morgan fingerprint density at radius 3 is 2.60 bits per heavy atom. The lowest BCUT2D eigenvalue weighted by Crippen LogP contribution is -2.44. The van der Waals surface area contributed by atoms with E-state index in [1.807, 2.05) is 30.3 Å². The van der Waals surface area contributed by atoms with E-state index in [0.717, 1.165) is 18.7 Å². The predicted octanol–water partition coefficient (Wildman–Crippen LogP) is 5.68. The Labute approximate surface area is 180 Å². The summed E-state index contributed by atoms with van der Waals surface area (Å²) < 4.78 is 14.3. The Morgan fingerprint density at radius 1 is 0.967 bits per heavy atom. The van der Waals surface area contributed by atoms with E-state index in [9.17, 15) is 0 Å². The van der Waals surface area contributed by atoms with E-state index in [-0.39, 0.29) is 12.1 Å². The summed E-state index contributed by atoms with van der Waals surface area (Å²) in [4.78, 5) is 0. The second kappa shape index (κ2) is 7.24. The molecular weight excluding hydrogens is 390 g/mol. The molecule has 1 aromatic heterocycles. The third-order valence-corrected chi connectivity index (χ3v) is 7.29. The molecule has 0 bridgehead atoms. The van der Waals surface area contributed by atoms with E-state index < -0.39 is 5.60 Å². The Balaban J connectivity index is 1.48. The minimum Gasteiger partial charge on any atom is -0.482 e. The normalized spacial score (nSPS) is 23.7. The second-order valence-electron chi connectivity index (χ2n) is 8.08. The van der Waals surface area contributed by atoms with Crippen molar-refractivity contribution in [3.05, 3.63) is 101 Å². The van der Waals surface area contributed by atoms with Crippen molar-refractivity contribution in [3.63, 3.8) is 0 Å². The maximum Gasteiger partial charge on any atom is 0.158 e. The Kier molecular flexibility index (Phi) is 4.38. The summed E-state index contributed by atoms with van der Waals surface area (Å²) in [5.74, 6) is 0.872. The average molecular weight is 414 g/mol. The molecule has 3 heterocycles. The van der Waals surface area contributed by atoms with Gasteiger partial charge >= 0.3 is 0 Å². The molecule has 1 fully saturated rings. The van der Waals surface area contributed by atoms with Gasteiger partial charge in [0.2, 0.25) is 0 Å². The molecule has 3 unspecified atom stereocenters. The predicted molar refractivity (Wildman–Crippen MR) is 121 cm³/mol. The van der Waals surface area contributed by atoms with Crippen LogP contribution in [0.4, 0.5) is 0 Å². The summed E-state index contributed by atoms with van der Waals surface area (Å²) in [6, 6.07) is 27.5. The number of epoxide rings is 1. The van der Waals surface area contributed by atoms with Gasteiger partial charge in [0.1, 0.15) is 5.75 Å². The molecule has 0 spiro atoms. The van der Waals surface area contributed by atoms with Gasteiger partial charge in [0.25, 0.3) is 0 Å². The van der Waals surface area contributed by atoms with Crippen LogP contribution < -0.4 is 10.1 Å². The van der Waals surface area contributed by atoms with E-state index in [1.165, 1.54) is 26.8 Å². The van der Waals surface area contributed by atoms with Crippen molar-refractivity contribution < 1.29 is 9.47 Å². The number of benzene rings is 3. The smallest absolute Gasteiger partial charge is 0.158 e. The van der Waals surface area contributed by atoms with Gasteiger partial charge in [-0.25, -0.2) is 0 Å². The highest BCUT2D eigenvalue weighted by atomic mass is 32.1. The zero-order valence-corrected chi connectivity index (χ0v) is 17.4. The first-order chi connectivity index (χ1) is 14.9. The van der Waals surface area contributed by atoms with Crippen molar-refractivity contribution in [1.29, 1.82) is 0 Å². The monoisotopic (exact) mass is 413 g/mol. The largest absolute Gasteiger partial charge is 0.482 e. The van der Waals surface area contributed by atoms with Crippen molar-refractivity contribution in [2.45, 2.75) is 24.2 Å². The first-order valence-electron chi connectivity index (χ1n) is 10.5. The zero-order chi connectivity index (χ0) is 20.0. The van der Waals surface area contributed by atoms with E-state index in [2.05, 4.69) is 59.2 Å². The first-order valence-corrected chi connectivity index (χ1v) is 11.4. The fourth-order valence-electron chi connectivity index (χ4n) is 4.76. The topological polar surface area (TPSA) is 33.8 Å². The SMILES string of the molecule is c1ccc(OC(c2csc3ccccc23)C2(C3NCCc4ccccc43)CO2)cc1. The second-order valence-corrected chi connectivity index (χ2v) is 8.99. The van der Waals surface area contributed by atoms with Crippen LogP contribution in [0.5, 0.6) is 5.75 Å². The standard InChI is InChI=1S/C26H23NO2S/c1-2-9-19(10-3-1)29-25(22-16-30-23-13-7-6-12-21(22)23)26(17-28-26)24-20-11-5-4-8-18(20)14-15-27-24/h1-13,16,24-25,27H,14-15,17H2. The molecule has 6 rings (SSSR count). The minimum absolute atomic E-state index is 0.106. The summed E-state index contributed by atoms with van der Waals surface area (Å²) in [6.45, 7) is 1.63. The lowest BCUT2D eigenvalue weighted by atomic mass is 9.81. The van der Waals surface area contributed by atoms with Crippen LogP contribution in [0.2, 0.25) is 0 Å². The molecule has 150 valence electrons. The van der Waals surface area contributed by atoms with Gasteiger partial charge in [-0.05, 0) is 53.1 Å². The maximum atomic E-state index is 6.70. The van der Waals surface area contributed by atoms with Gasteiger partial charge in [0.05, 0.1) is 12.6 Å². The lowest BCUT2D eigenvalue weighted by Gasteiger charge is -2.36. The molecule has 2 aliphatic rings. The molecule has 1 saturated heterocycles. The number of rotatable bonds is 5. The summed E-state index contributed by atoms with van der Waals surface area (Å²) in [7, 11) is 0. The number of hydrogen-bond acceptors (Lipinski definition) is 4. The summed E-state index contributed by atoms with van der Waals surface area (Å²) >= 11 is 1.77. The lowest BCUT2D eigenvalue weighted by molar-refractivity contribution is 0.0679. The summed E-state index contributed by atoms with van der Waals surface area (Å²) in [6.07, 6.45) is 0.855. The van der Waals surface area contributed by atoms with E-state index in [1.54, 1.807) is 11.3 Å². The van der Waals surface area contributed by atoms with Gasteiger partial charge in [-0.1, -0.05) is 60.7 Å². The van der Waals surface area contributed by atoms with Gasteiger partial charge in [-0.3, -0.25) is 0 Å². The van der Waals surface area contributed by atoms with Crippen LogP contribution in [0.1, 0.15) is 28.8 Å². The summed E-state index contributed by atoms with van der Waals surface area (Å²) in [5.41, 5.74) is 3.53. The van der Waals surface area contributed by atoms with Gasteiger partial charge in [0.15, 0.2) is 11.7 Å². The number of nitrogens with one attached hydrogen (secondary N) is 1. The maximum absolute atomic E-state index is 6.70. The third kappa shape index (κ3) is 2.95. The molecule has 3 nitrogen and oxygen atoms in total. The average Bonchev–Trinajstić information content (AvgIpc) is 3.50. The molecule has 1 N–H and O–H groups in total. The van der Waals surface area contributed by atoms with Crippen LogP contribution >= 0.6 is 11.3 Å². The van der Waals surface area contributed by atoms with Gasteiger partial charge in [0, 0.05) is 10.3 Å². The molecule has 4 heteroatoms. The molecule has 2 aliphatic heterocycles. The van der Waals surface area contributed by atoms with Crippen molar-refractivity contribution in [3.8, 4) is 5.75 Å².